The van der Waals surface area contributed by atoms with E-state index in [4.69, 9.17) is 19.2 Å². The minimum Gasteiger partial charge on any atom is -0.426 e. The molecule has 0 spiro atoms. The van der Waals surface area contributed by atoms with Crippen LogP contribution in [-0.4, -0.2) is 44.6 Å². The molecule has 0 bridgehead atoms. The molecule has 5 rings (SSSR count). The molecule has 0 N–H and O–H groups in total. The second-order valence-electron chi connectivity index (χ2n) is 9.53. The second-order valence-corrected chi connectivity index (χ2v) is 10.4. The number of esters is 1. The van der Waals surface area contributed by atoms with E-state index >= 15 is 0 Å². The molecule has 0 radical (unpaired) electrons. The maximum atomic E-state index is 12.9. The van der Waals surface area contributed by atoms with Crippen LogP contribution in [-0.2, 0) is 45.0 Å². The number of carbonyl (C=O) groups excluding carboxylic acids is 2. The molecule has 2 aliphatic rings. The van der Waals surface area contributed by atoms with Crippen LogP contribution in [0.15, 0.2) is 29.6 Å². The summed E-state index contributed by atoms with van der Waals surface area (Å²) >= 11 is 1.51. The van der Waals surface area contributed by atoms with Crippen LogP contribution in [0, 0.1) is 6.92 Å². The topological polar surface area (TPSA) is 95.8 Å². The van der Waals surface area contributed by atoms with Crippen LogP contribution in [0.2, 0.25) is 0 Å². The fraction of sp³-hybridized carbons (Fsp3) is 0.462. The Morgan fingerprint density at radius 2 is 1.92 bits per heavy atom. The van der Waals surface area contributed by atoms with Crippen molar-refractivity contribution in [2.45, 2.75) is 64.8 Å². The zero-order chi connectivity index (χ0) is 27.7. The van der Waals surface area contributed by atoms with Crippen molar-refractivity contribution < 1.29 is 37.0 Å². The van der Waals surface area contributed by atoms with E-state index < -0.39 is 24.1 Å². The molecule has 2 aromatic heterocycles. The highest BCUT2D eigenvalue weighted by Gasteiger charge is 2.35. The molecule has 1 amide bonds. The number of rotatable bonds is 5. The van der Waals surface area contributed by atoms with Crippen molar-refractivity contribution in [1.82, 2.24) is 19.7 Å². The van der Waals surface area contributed by atoms with Crippen molar-refractivity contribution in [2.24, 2.45) is 0 Å². The van der Waals surface area contributed by atoms with Crippen LogP contribution >= 0.6 is 11.3 Å². The van der Waals surface area contributed by atoms with Gasteiger partial charge in [0.05, 0.1) is 18.2 Å². The van der Waals surface area contributed by atoms with Crippen LogP contribution in [0.4, 0.5) is 13.2 Å². The van der Waals surface area contributed by atoms with Crippen molar-refractivity contribution in [3.8, 4) is 5.75 Å². The normalized spacial score (nSPS) is 18.5. The molecule has 1 unspecified atom stereocenters. The number of nitrogens with zero attached hydrogens (tertiary/aromatic N) is 4. The van der Waals surface area contributed by atoms with Gasteiger partial charge in [-0.3, -0.25) is 14.3 Å². The largest absolute Gasteiger partial charge is 0.435 e. The molecule has 1 saturated heterocycles. The van der Waals surface area contributed by atoms with Crippen molar-refractivity contribution in [3.63, 3.8) is 0 Å². The van der Waals surface area contributed by atoms with Gasteiger partial charge in [-0.25, -0.2) is 4.98 Å². The lowest BCUT2D eigenvalue weighted by molar-refractivity contribution is -0.155. The minimum atomic E-state index is -4.55. The third-order valence-corrected chi connectivity index (χ3v) is 7.81. The Labute approximate surface area is 226 Å². The first kappa shape index (κ1) is 27.3. The average Bonchev–Trinajstić information content (AvgIpc) is 3.46. The lowest BCUT2D eigenvalue weighted by atomic mass is 9.97. The van der Waals surface area contributed by atoms with Crippen molar-refractivity contribution >= 4 is 23.2 Å². The summed E-state index contributed by atoms with van der Waals surface area (Å²) in [6.07, 6.45) is -3.84. The van der Waals surface area contributed by atoms with Crippen molar-refractivity contribution in [1.29, 1.82) is 0 Å². The number of thiazole rings is 1. The third-order valence-electron chi connectivity index (χ3n) is 6.79. The summed E-state index contributed by atoms with van der Waals surface area (Å²) < 4.78 is 57.1. The molecular weight excluding hydrogens is 537 g/mol. The molecule has 4 heterocycles. The van der Waals surface area contributed by atoms with Gasteiger partial charge < -0.3 is 19.1 Å². The van der Waals surface area contributed by atoms with Gasteiger partial charge in [-0.2, -0.15) is 18.3 Å². The van der Waals surface area contributed by atoms with Gasteiger partial charge in [0.15, 0.2) is 5.69 Å². The van der Waals surface area contributed by atoms with Gasteiger partial charge in [0, 0.05) is 42.6 Å². The van der Waals surface area contributed by atoms with Crippen LogP contribution in [0.1, 0.15) is 65.2 Å². The monoisotopic (exact) mass is 564 g/mol. The Morgan fingerprint density at radius 1 is 1.18 bits per heavy atom. The van der Waals surface area contributed by atoms with Crippen molar-refractivity contribution in [3.05, 3.63) is 62.9 Å². The molecule has 2 aliphatic heterocycles. The number of aromatic nitrogens is 3. The van der Waals surface area contributed by atoms with E-state index in [9.17, 15) is 22.8 Å². The molecule has 0 aliphatic carbocycles. The van der Waals surface area contributed by atoms with Gasteiger partial charge in [0.25, 0.3) is 0 Å². The number of aryl methyl sites for hydroxylation is 1. The van der Waals surface area contributed by atoms with Crippen LogP contribution < -0.4 is 4.74 Å². The maximum absolute atomic E-state index is 12.9. The summed E-state index contributed by atoms with van der Waals surface area (Å²) in [5.74, 6) is -0.0714. The Hall–Kier alpha value is -3.29. The lowest BCUT2D eigenvalue weighted by Crippen LogP contribution is -2.40. The van der Waals surface area contributed by atoms with Gasteiger partial charge in [-0.15, -0.1) is 11.3 Å². The summed E-state index contributed by atoms with van der Waals surface area (Å²) in [5.41, 5.74) is 1.59. The molecule has 9 nitrogen and oxygen atoms in total. The highest BCUT2D eigenvalue weighted by atomic mass is 32.1. The van der Waals surface area contributed by atoms with E-state index in [0.717, 1.165) is 26.9 Å². The molecule has 3 aromatic rings. The van der Waals surface area contributed by atoms with E-state index in [1.807, 2.05) is 11.4 Å². The fourth-order valence-corrected chi connectivity index (χ4v) is 5.70. The standard InChI is InChI=1S/C26H27F3N4O5S/c1-15-10-22(26(27,28)29)31-33(15)11-23(35)32-8-6-17(7-9-32)24-30-20(14-39-24)25-36-12-18-4-3-5-21(38-16(2)34)19(18)13-37-25/h3-5,10,14,17,25H,6-9,11-13H2,1-2H3. The average molecular weight is 565 g/mol. The number of halogens is 3. The Bertz CT molecular complexity index is 1360. The highest BCUT2D eigenvalue weighted by molar-refractivity contribution is 7.09. The summed E-state index contributed by atoms with van der Waals surface area (Å²) in [6.45, 7) is 4.07. The summed E-state index contributed by atoms with van der Waals surface area (Å²) in [6, 6.07) is 6.37. The number of piperidine rings is 1. The highest BCUT2D eigenvalue weighted by Crippen LogP contribution is 2.36. The van der Waals surface area contributed by atoms with Crippen LogP contribution in [0.5, 0.6) is 5.75 Å². The molecule has 1 fully saturated rings. The number of hydrogen-bond donors (Lipinski definition) is 0. The molecule has 13 heteroatoms. The lowest BCUT2D eigenvalue weighted by Gasteiger charge is -2.31. The summed E-state index contributed by atoms with van der Waals surface area (Å²) in [4.78, 5) is 30.6. The number of carbonyl (C=O) groups is 2. The predicted octanol–water partition coefficient (Wildman–Crippen LogP) is 4.74. The minimum absolute atomic E-state index is 0.148. The molecule has 39 heavy (non-hydrogen) atoms. The van der Waals surface area contributed by atoms with E-state index in [1.54, 1.807) is 17.0 Å². The Morgan fingerprint density at radius 3 is 2.62 bits per heavy atom. The van der Waals surface area contributed by atoms with E-state index in [2.05, 4.69) is 5.10 Å². The van der Waals surface area contributed by atoms with Crippen LogP contribution in [0.3, 0.4) is 0 Å². The zero-order valence-electron chi connectivity index (χ0n) is 21.4. The maximum Gasteiger partial charge on any atom is 0.435 e. The second kappa shape index (κ2) is 11.1. The van der Waals surface area contributed by atoms with Gasteiger partial charge in [-0.1, -0.05) is 12.1 Å². The van der Waals surface area contributed by atoms with E-state index in [-0.39, 0.29) is 37.3 Å². The predicted molar refractivity (Wildman–Crippen MR) is 133 cm³/mol. The molecule has 1 atom stereocenters. The number of amides is 1. The number of ether oxygens (including phenoxy) is 3. The first-order valence-corrected chi connectivity index (χ1v) is 13.3. The zero-order valence-corrected chi connectivity index (χ0v) is 22.2. The van der Waals surface area contributed by atoms with Gasteiger partial charge in [0.1, 0.15) is 18.0 Å². The Balaban J connectivity index is 1.17. The van der Waals surface area contributed by atoms with Crippen LogP contribution in [0.25, 0.3) is 0 Å². The third kappa shape index (κ3) is 6.15. The van der Waals surface area contributed by atoms with Crippen molar-refractivity contribution in [2.75, 3.05) is 13.1 Å². The van der Waals surface area contributed by atoms with Gasteiger partial charge in [0.2, 0.25) is 12.2 Å². The quantitative estimate of drug-likeness (QED) is 0.326. The number of alkyl halides is 3. The smallest absolute Gasteiger partial charge is 0.426 e. The molecular formula is C26H27F3N4O5S. The molecule has 208 valence electrons. The van der Waals surface area contributed by atoms with E-state index in [0.29, 0.717) is 37.4 Å². The Kier molecular flexibility index (Phi) is 7.74. The van der Waals surface area contributed by atoms with E-state index in [1.165, 1.54) is 25.2 Å². The molecule has 0 saturated carbocycles. The molecule has 1 aromatic carbocycles. The number of benzene rings is 1. The number of fused-ring (bicyclic) bond motifs is 1. The van der Waals surface area contributed by atoms with Gasteiger partial charge in [-0.05, 0) is 37.5 Å². The number of hydrogen-bond acceptors (Lipinski definition) is 8. The van der Waals surface area contributed by atoms with Gasteiger partial charge >= 0.3 is 12.1 Å². The summed E-state index contributed by atoms with van der Waals surface area (Å²) in [5, 5.41) is 6.38. The first-order chi connectivity index (χ1) is 18.6. The number of likely N-dealkylation sites (tertiary alicyclic amines) is 1. The summed E-state index contributed by atoms with van der Waals surface area (Å²) in [7, 11) is 0. The SMILES string of the molecule is CC(=O)Oc1cccc2c1COC(c1csc(C3CCN(C(=O)Cn4nc(C(F)(F)F)cc4C)CC3)n1)OC2. The first-order valence-electron chi connectivity index (χ1n) is 12.5. The fourth-order valence-electron chi connectivity index (χ4n) is 4.71.